The molecule has 1 aromatic carbocycles. The van der Waals surface area contributed by atoms with Crippen molar-refractivity contribution >= 4 is 28.3 Å². The quantitative estimate of drug-likeness (QED) is 0.299. The van der Waals surface area contributed by atoms with Crippen LogP contribution >= 0.6 is 11.3 Å². The molecule has 0 saturated carbocycles. The Morgan fingerprint density at radius 2 is 1.81 bits per heavy atom. The van der Waals surface area contributed by atoms with E-state index in [-0.39, 0.29) is 23.4 Å². The van der Waals surface area contributed by atoms with Crippen molar-refractivity contribution < 1.29 is 31.1 Å². The van der Waals surface area contributed by atoms with Crippen molar-refractivity contribution in [2.24, 2.45) is 0 Å². The highest BCUT2D eigenvalue weighted by Gasteiger charge is 2.45. The summed E-state index contributed by atoms with van der Waals surface area (Å²) in [5.41, 5.74) is -2.06. The highest BCUT2D eigenvalue weighted by atomic mass is 32.1. The fourth-order valence-corrected chi connectivity index (χ4v) is 5.50. The number of benzene rings is 1. The molecular formula is C24H19F6N5OS. The average Bonchev–Trinajstić information content (AvgIpc) is 3.51. The van der Waals surface area contributed by atoms with Crippen molar-refractivity contribution in [3.63, 3.8) is 0 Å². The van der Waals surface area contributed by atoms with Crippen molar-refractivity contribution in [3.05, 3.63) is 65.2 Å². The van der Waals surface area contributed by atoms with E-state index in [9.17, 15) is 31.1 Å². The molecule has 0 unspecified atom stereocenters. The maximum Gasteiger partial charge on any atom is 0.417 e. The number of carbonyl (C=O) groups is 1. The zero-order valence-electron chi connectivity index (χ0n) is 19.1. The minimum absolute atomic E-state index is 0.0978. The van der Waals surface area contributed by atoms with Gasteiger partial charge in [0.2, 0.25) is 5.91 Å². The average molecular weight is 540 g/mol. The normalized spacial score (nSPS) is 15.5. The van der Waals surface area contributed by atoms with E-state index in [2.05, 4.69) is 15.0 Å². The minimum Gasteiger partial charge on any atom is -0.341 e. The second-order valence-corrected chi connectivity index (χ2v) is 9.55. The highest BCUT2D eigenvalue weighted by Crippen LogP contribution is 2.46. The lowest BCUT2D eigenvalue weighted by Crippen LogP contribution is -2.39. The van der Waals surface area contributed by atoms with Gasteiger partial charge < -0.3 is 9.47 Å². The molecule has 4 heterocycles. The van der Waals surface area contributed by atoms with E-state index in [1.54, 1.807) is 39.6 Å². The van der Waals surface area contributed by atoms with E-state index in [0.29, 0.717) is 37.7 Å². The number of pyridine rings is 1. The molecule has 3 aromatic heterocycles. The van der Waals surface area contributed by atoms with E-state index < -0.39 is 29.0 Å². The molecule has 194 valence electrons. The van der Waals surface area contributed by atoms with Crippen LogP contribution in [-0.4, -0.2) is 43.4 Å². The third kappa shape index (κ3) is 5.04. The number of hydrogen-bond acceptors (Lipinski definition) is 5. The van der Waals surface area contributed by atoms with Gasteiger partial charge >= 0.3 is 12.4 Å². The maximum absolute atomic E-state index is 13.7. The van der Waals surface area contributed by atoms with E-state index in [4.69, 9.17) is 0 Å². The van der Waals surface area contributed by atoms with Crippen molar-refractivity contribution in [1.29, 1.82) is 0 Å². The lowest BCUT2D eigenvalue weighted by atomic mass is 9.94. The van der Waals surface area contributed by atoms with Crippen LogP contribution in [0.25, 0.3) is 21.6 Å². The number of halogens is 6. The number of likely N-dealkylation sites (tertiary alicyclic amines) is 1. The summed E-state index contributed by atoms with van der Waals surface area (Å²) in [6.07, 6.45) is -4.44. The first-order valence-electron chi connectivity index (χ1n) is 11.3. The first-order valence-corrected chi connectivity index (χ1v) is 12.2. The molecule has 0 aliphatic carbocycles. The lowest BCUT2D eigenvalue weighted by Gasteiger charge is -2.31. The summed E-state index contributed by atoms with van der Waals surface area (Å²) in [6.45, 7) is 0.959. The van der Waals surface area contributed by atoms with Crippen LogP contribution in [0.5, 0.6) is 0 Å². The number of thiazole rings is 1. The Morgan fingerprint density at radius 3 is 2.51 bits per heavy atom. The van der Waals surface area contributed by atoms with Crippen molar-refractivity contribution in [1.82, 2.24) is 24.4 Å². The molecule has 5 rings (SSSR count). The topological polar surface area (TPSA) is 63.9 Å². The van der Waals surface area contributed by atoms with Gasteiger partial charge in [0, 0.05) is 36.1 Å². The molecule has 1 fully saturated rings. The van der Waals surface area contributed by atoms with Crippen LogP contribution in [0.1, 0.15) is 35.6 Å². The van der Waals surface area contributed by atoms with Crippen LogP contribution in [-0.2, 0) is 23.7 Å². The third-order valence-corrected chi connectivity index (χ3v) is 7.29. The summed E-state index contributed by atoms with van der Waals surface area (Å²) >= 11 is 0.882. The number of piperidine rings is 1. The van der Waals surface area contributed by atoms with Gasteiger partial charge in [-0.05, 0) is 25.0 Å². The van der Waals surface area contributed by atoms with Crippen molar-refractivity contribution in [2.45, 2.75) is 37.7 Å². The molecule has 1 amide bonds. The predicted octanol–water partition coefficient (Wildman–Crippen LogP) is 6.00. The van der Waals surface area contributed by atoms with Gasteiger partial charge in [0.05, 0.1) is 40.4 Å². The molecule has 37 heavy (non-hydrogen) atoms. The van der Waals surface area contributed by atoms with Crippen LogP contribution < -0.4 is 0 Å². The van der Waals surface area contributed by atoms with E-state index in [0.717, 1.165) is 34.5 Å². The van der Waals surface area contributed by atoms with Gasteiger partial charge in [-0.3, -0.25) is 9.78 Å². The molecule has 1 aliphatic rings. The molecule has 0 atom stereocenters. The van der Waals surface area contributed by atoms with Crippen LogP contribution in [0.15, 0.2) is 48.4 Å². The predicted molar refractivity (Wildman–Crippen MR) is 124 cm³/mol. The summed E-state index contributed by atoms with van der Waals surface area (Å²) in [5, 5.41) is 1.47. The number of rotatable bonds is 4. The fourth-order valence-electron chi connectivity index (χ4n) is 4.57. The molecule has 4 aromatic rings. The summed E-state index contributed by atoms with van der Waals surface area (Å²) in [4.78, 5) is 27.1. The summed E-state index contributed by atoms with van der Waals surface area (Å²) in [7, 11) is 0. The van der Waals surface area contributed by atoms with Gasteiger partial charge in [-0.1, -0.05) is 12.1 Å². The molecule has 1 aliphatic heterocycles. The number of aromatic nitrogens is 4. The second kappa shape index (κ2) is 9.43. The van der Waals surface area contributed by atoms with Crippen LogP contribution in [0.4, 0.5) is 26.3 Å². The van der Waals surface area contributed by atoms with Gasteiger partial charge in [-0.2, -0.15) is 26.3 Å². The fraction of sp³-hybridized carbons (Fsp3) is 0.333. The van der Waals surface area contributed by atoms with Crippen molar-refractivity contribution in [2.75, 3.05) is 13.1 Å². The van der Waals surface area contributed by atoms with Gasteiger partial charge in [-0.15, -0.1) is 11.3 Å². The van der Waals surface area contributed by atoms with Gasteiger partial charge in [0.1, 0.15) is 11.6 Å². The number of carbonyl (C=O) groups excluding carboxylic acids is 1. The number of fused-ring (bicyclic) bond motifs is 1. The molecule has 6 nitrogen and oxygen atoms in total. The molecule has 0 N–H and O–H groups in total. The minimum atomic E-state index is -5.20. The first-order chi connectivity index (χ1) is 17.5. The second-order valence-electron chi connectivity index (χ2n) is 8.69. The van der Waals surface area contributed by atoms with Crippen LogP contribution in [0, 0.1) is 0 Å². The third-order valence-electron chi connectivity index (χ3n) is 6.40. The summed E-state index contributed by atoms with van der Waals surface area (Å²) < 4.78 is 82.6. The Labute approximate surface area is 210 Å². The smallest absolute Gasteiger partial charge is 0.341 e. The standard InChI is InChI=1S/C24H19F6N5OS/c25-23(26,27)16-3-1-2-15(21(16)24(28,29)30)22-33-18(12-37-22)14-5-8-34(9-6-14)20(36)11-35-13-32-17-4-7-31-10-19(17)35/h1-4,7,10,12-14H,5-6,8-9,11H2. The number of alkyl halides is 6. The first kappa shape index (κ1) is 25.2. The molecule has 0 radical (unpaired) electrons. The zero-order valence-corrected chi connectivity index (χ0v) is 19.9. The summed E-state index contributed by atoms with van der Waals surface area (Å²) in [5.74, 6) is -0.216. The van der Waals surface area contributed by atoms with Crippen LogP contribution in [0.3, 0.4) is 0 Å². The monoisotopic (exact) mass is 539 g/mol. The zero-order chi connectivity index (χ0) is 26.4. The largest absolute Gasteiger partial charge is 0.417 e. The molecule has 13 heteroatoms. The number of nitrogens with zero attached hydrogens (tertiary/aromatic N) is 5. The molecule has 1 saturated heterocycles. The Balaban J connectivity index is 1.29. The number of imidazole rings is 1. The molecular weight excluding hydrogens is 520 g/mol. The Morgan fingerprint density at radius 1 is 1.05 bits per heavy atom. The molecule has 0 bridgehead atoms. The van der Waals surface area contributed by atoms with E-state index in [1.165, 1.54) is 0 Å². The Bertz CT molecular complexity index is 1440. The Hall–Kier alpha value is -3.48. The van der Waals surface area contributed by atoms with Gasteiger partial charge in [0.25, 0.3) is 0 Å². The summed E-state index contributed by atoms with van der Waals surface area (Å²) in [6, 6.07) is 4.15. The highest BCUT2D eigenvalue weighted by molar-refractivity contribution is 7.13. The maximum atomic E-state index is 13.7. The number of amides is 1. The molecule has 0 spiro atoms. The van der Waals surface area contributed by atoms with Crippen LogP contribution in [0.2, 0.25) is 0 Å². The van der Waals surface area contributed by atoms with Gasteiger partial charge in [-0.25, -0.2) is 9.97 Å². The Kier molecular flexibility index (Phi) is 6.42. The van der Waals surface area contributed by atoms with E-state index in [1.807, 2.05) is 0 Å². The van der Waals surface area contributed by atoms with E-state index >= 15 is 0 Å². The van der Waals surface area contributed by atoms with Crippen molar-refractivity contribution in [3.8, 4) is 10.6 Å². The lowest BCUT2D eigenvalue weighted by molar-refractivity contribution is -0.161. The number of hydrogen-bond donors (Lipinski definition) is 0. The SMILES string of the molecule is O=C(Cn1cnc2ccncc21)N1CCC(c2csc(-c3cccc(C(F)(F)F)c3C(F)(F)F)n2)CC1. The van der Waals surface area contributed by atoms with Gasteiger partial charge in [0.15, 0.2) is 0 Å².